The van der Waals surface area contributed by atoms with Gasteiger partial charge in [-0.15, -0.1) is 0 Å². The summed E-state index contributed by atoms with van der Waals surface area (Å²) in [5.74, 6) is 0. The van der Waals surface area contributed by atoms with Gasteiger partial charge in [-0.2, -0.15) is 0 Å². The summed E-state index contributed by atoms with van der Waals surface area (Å²) in [6.45, 7) is 0. The molecule has 74 heavy (non-hydrogen) atoms. The number of allylic oxidation sites excluding steroid dienone is 4. The maximum atomic E-state index is 2.52. The van der Waals surface area contributed by atoms with Crippen LogP contribution >= 0.6 is 0 Å². The molecule has 11 aromatic rings. The van der Waals surface area contributed by atoms with Crippen LogP contribution in [0.2, 0.25) is 0 Å². The molecule has 0 amide bonds. The normalized spacial score (nSPS) is 14.5. The van der Waals surface area contributed by atoms with Crippen LogP contribution in [0.15, 0.2) is 260 Å². The smallest absolute Gasteiger partial charge is 0.0703 e. The van der Waals surface area contributed by atoms with Gasteiger partial charge in [0, 0.05) is 28.4 Å². The van der Waals surface area contributed by atoms with E-state index in [1.807, 2.05) is 0 Å². The Labute approximate surface area is 431 Å². The SMILES string of the molecule is C1=CC2=C(CC1)N(c1ccccc1)c1ccccc1N2c1ccc2c(-c3ccc4ccccc4c3)c3cc(N4c5ccccc5N(c5ccccc5)c5ccccc54)ccc3c(-c3ccc4c(c3)CCC=C4)c2c1. The number of hydrogen-bond donors (Lipinski definition) is 0. The number of rotatable bonds is 6. The topological polar surface area (TPSA) is 13.0 Å². The van der Waals surface area contributed by atoms with E-state index in [0.717, 1.165) is 71.2 Å². The van der Waals surface area contributed by atoms with Crippen molar-refractivity contribution in [2.24, 2.45) is 0 Å². The zero-order chi connectivity index (χ0) is 48.7. The summed E-state index contributed by atoms with van der Waals surface area (Å²) in [6.07, 6.45) is 13.3. The molecule has 0 fully saturated rings. The second kappa shape index (κ2) is 17.1. The number of aryl methyl sites for hydroxylation is 1. The van der Waals surface area contributed by atoms with Gasteiger partial charge in [0.15, 0.2) is 0 Å². The van der Waals surface area contributed by atoms with Gasteiger partial charge in [0.1, 0.15) is 0 Å². The lowest BCUT2D eigenvalue weighted by Gasteiger charge is -2.42. The number of hydrogen-bond acceptors (Lipinski definition) is 4. The standard InChI is InChI=1S/C70H50N4/c1-3-23-53(24-4-1)71-61-27-11-15-31-65(61)73(66-32-16-12-28-62(66)71)55-39-41-57-59(45-55)69(51-37-35-47-19-7-9-21-49(47)43-51)58-42-40-56(46-60(58)70(57)52-38-36-48-20-8-10-22-50(48)44-52)74-67-33-17-13-29-63(67)72(54-25-5-2-6-26-54)64-30-14-18-34-68(64)74/h1-9,11-13,15-21,23-29,31-46H,10,14,22,30H2. The molecular formula is C70H50N4. The number of fused-ring (bicyclic) bond motifs is 7. The first-order valence-electron chi connectivity index (χ1n) is 26.0. The van der Waals surface area contributed by atoms with Gasteiger partial charge in [0.2, 0.25) is 0 Å². The van der Waals surface area contributed by atoms with E-state index in [1.165, 1.54) is 88.5 Å². The van der Waals surface area contributed by atoms with E-state index in [4.69, 9.17) is 0 Å². The summed E-state index contributed by atoms with van der Waals surface area (Å²) in [5, 5.41) is 7.35. The highest BCUT2D eigenvalue weighted by Crippen LogP contribution is 2.56. The minimum atomic E-state index is 0.948. The molecular weight excluding hydrogens is 897 g/mol. The summed E-state index contributed by atoms with van der Waals surface area (Å²) in [5.41, 5.74) is 21.6. The van der Waals surface area contributed by atoms with Crippen LogP contribution in [0, 0.1) is 0 Å². The minimum Gasteiger partial charge on any atom is -0.310 e. The fraction of sp³-hybridized carbons (Fsp3) is 0.0571. The van der Waals surface area contributed by atoms with Crippen LogP contribution in [-0.4, -0.2) is 0 Å². The van der Waals surface area contributed by atoms with E-state index in [-0.39, 0.29) is 0 Å². The predicted octanol–water partition coefficient (Wildman–Crippen LogP) is 19.5. The summed E-state index contributed by atoms with van der Waals surface area (Å²) in [7, 11) is 0. The lowest BCUT2D eigenvalue weighted by Crippen LogP contribution is -2.32. The number of nitrogens with zero attached hydrogens (tertiary/aromatic N) is 4. The third-order valence-corrected chi connectivity index (χ3v) is 15.7. The zero-order valence-corrected chi connectivity index (χ0v) is 40.9. The largest absolute Gasteiger partial charge is 0.310 e. The van der Waals surface area contributed by atoms with Crippen LogP contribution in [0.1, 0.15) is 30.4 Å². The summed E-state index contributed by atoms with van der Waals surface area (Å²) < 4.78 is 0. The van der Waals surface area contributed by atoms with Gasteiger partial charge in [-0.3, -0.25) is 0 Å². The van der Waals surface area contributed by atoms with Gasteiger partial charge in [-0.25, -0.2) is 0 Å². The van der Waals surface area contributed by atoms with Crippen molar-refractivity contribution in [1.82, 2.24) is 0 Å². The molecule has 4 nitrogen and oxygen atoms in total. The number of anilines is 10. The van der Waals surface area contributed by atoms with Crippen LogP contribution in [0.4, 0.5) is 56.9 Å². The van der Waals surface area contributed by atoms with Crippen molar-refractivity contribution in [2.45, 2.75) is 25.7 Å². The maximum Gasteiger partial charge on any atom is 0.0703 e. The number of para-hydroxylation sites is 8. The molecule has 4 heteroatoms. The van der Waals surface area contributed by atoms with Crippen molar-refractivity contribution in [3.63, 3.8) is 0 Å². The Morgan fingerprint density at radius 3 is 1.41 bits per heavy atom. The average molecular weight is 947 g/mol. The van der Waals surface area contributed by atoms with Gasteiger partial charge in [-0.1, -0.05) is 158 Å². The fourth-order valence-corrected chi connectivity index (χ4v) is 12.5. The summed E-state index contributed by atoms with van der Waals surface area (Å²) in [6, 6.07) is 85.8. The molecule has 4 aliphatic rings. The Morgan fingerprint density at radius 2 is 0.770 bits per heavy atom. The molecule has 0 saturated heterocycles. The Balaban J connectivity index is 1.02. The van der Waals surface area contributed by atoms with Crippen LogP contribution < -0.4 is 19.6 Å². The van der Waals surface area contributed by atoms with Crippen molar-refractivity contribution in [1.29, 1.82) is 0 Å². The van der Waals surface area contributed by atoms with Crippen LogP contribution in [0.5, 0.6) is 0 Å². The maximum absolute atomic E-state index is 2.52. The van der Waals surface area contributed by atoms with Crippen molar-refractivity contribution in [3.8, 4) is 22.3 Å². The van der Waals surface area contributed by atoms with E-state index < -0.39 is 0 Å². The molecule has 0 saturated carbocycles. The first-order chi connectivity index (χ1) is 36.7. The molecule has 0 unspecified atom stereocenters. The van der Waals surface area contributed by atoms with Gasteiger partial charge in [-0.05, 0) is 188 Å². The van der Waals surface area contributed by atoms with Crippen molar-refractivity contribution < 1.29 is 0 Å². The molecule has 350 valence electrons. The zero-order valence-electron chi connectivity index (χ0n) is 40.9. The monoisotopic (exact) mass is 946 g/mol. The molecule has 0 radical (unpaired) electrons. The molecule has 0 N–H and O–H groups in total. The van der Waals surface area contributed by atoms with Crippen molar-refractivity contribution in [3.05, 3.63) is 271 Å². The molecule has 0 atom stereocenters. The van der Waals surface area contributed by atoms with E-state index in [2.05, 4.69) is 274 Å². The van der Waals surface area contributed by atoms with Crippen LogP contribution in [0.3, 0.4) is 0 Å². The summed E-state index contributed by atoms with van der Waals surface area (Å²) >= 11 is 0. The van der Waals surface area contributed by atoms with Gasteiger partial charge in [0.25, 0.3) is 0 Å². The molecule has 2 aliphatic heterocycles. The number of benzene rings is 11. The highest BCUT2D eigenvalue weighted by atomic mass is 15.3. The predicted molar refractivity (Wildman–Crippen MR) is 313 cm³/mol. The second-order valence-electron chi connectivity index (χ2n) is 19.9. The first-order valence-corrected chi connectivity index (χ1v) is 26.0. The third kappa shape index (κ3) is 6.68. The molecule has 11 aromatic carbocycles. The summed E-state index contributed by atoms with van der Waals surface area (Å²) in [4.78, 5) is 9.88. The molecule has 0 bridgehead atoms. The molecule has 0 spiro atoms. The second-order valence-corrected chi connectivity index (χ2v) is 19.9. The minimum absolute atomic E-state index is 0.948. The quantitative estimate of drug-likeness (QED) is 0.154. The van der Waals surface area contributed by atoms with Gasteiger partial charge >= 0.3 is 0 Å². The first kappa shape index (κ1) is 42.3. The van der Waals surface area contributed by atoms with E-state index in [0.29, 0.717) is 0 Å². The molecule has 2 aliphatic carbocycles. The van der Waals surface area contributed by atoms with E-state index in [9.17, 15) is 0 Å². The average Bonchev–Trinajstić information content (AvgIpc) is 3.47. The highest BCUT2D eigenvalue weighted by Gasteiger charge is 2.34. The van der Waals surface area contributed by atoms with Crippen molar-refractivity contribution in [2.75, 3.05) is 19.6 Å². The Morgan fingerprint density at radius 1 is 0.297 bits per heavy atom. The Kier molecular flexibility index (Phi) is 9.80. The Bertz CT molecular complexity index is 4120. The fourth-order valence-electron chi connectivity index (χ4n) is 12.5. The van der Waals surface area contributed by atoms with Gasteiger partial charge < -0.3 is 19.6 Å². The van der Waals surface area contributed by atoms with Crippen LogP contribution in [-0.2, 0) is 6.42 Å². The van der Waals surface area contributed by atoms with Crippen LogP contribution in [0.25, 0.3) is 60.6 Å². The highest BCUT2D eigenvalue weighted by molar-refractivity contribution is 6.23. The van der Waals surface area contributed by atoms with Gasteiger partial charge in [0.05, 0.1) is 39.8 Å². The lowest BCUT2D eigenvalue weighted by molar-refractivity contribution is 0.868. The molecule has 2 heterocycles. The van der Waals surface area contributed by atoms with E-state index >= 15 is 0 Å². The van der Waals surface area contributed by atoms with Crippen molar-refractivity contribution >= 4 is 95.3 Å². The van der Waals surface area contributed by atoms with E-state index in [1.54, 1.807) is 0 Å². The molecule has 0 aromatic heterocycles. The third-order valence-electron chi connectivity index (χ3n) is 15.7. The Hall–Kier alpha value is -9.38. The molecule has 15 rings (SSSR count). The lowest BCUT2D eigenvalue weighted by atomic mass is 9.83.